The SMILES string of the molecule is O=C1CC(c2ccc3c(c2)OCO3)c2ccc(O)cc2N1. The second kappa shape index (κ2) is 4.41. The van der Waals surface area contributed by atoms with Crippen LogP contribution in [0.4, 0.5) is 5.69 Å². The van der Waals surface area contributed by atoms with Crippen LogP contribution in [0.15, 0.2) is 36.4 Å². The Bertz CT molecular complexity index is 741. The molecule has 0 spiro atoms. The minimum Gasteiger partial charge on any atom is -0.508 e. The van der Waals surface area contributed by atoms with Gasteiger partial charge in [-0.1, -0.05) is 12.1 Å². The Kier molecular flexibility index (Phi) is 2.54. The highest BCUT2D eigenvalue weighted by molar-refractivity contribution is 5.95. The van der Waals surface area contributed by atoms with Gasteiger partial charge in [0.05, 0.1) is 0 Å². The van der Waals surface area contributed by atoms with Crippen LogP contribution in [0, 0.1) is 0 Å². The van der Waals surface area contributed by atoms with Crippen LogP contribution in [0.2, 0.25) is 0 Å². The van der Waals surface area contributed by atoms with Gasteiger partial charge in [-0.2, -0.15) is 0 Å². The average molecular weight is 283 g/mol. The molecule has 1 unspecified atom stereocenters. The Morgan fingerprint density at radius 3 is 2.86 bits per heavy atom. The van der Waals surface area contributed by atoms with Crippen LogP contribution >= 0.6 is 0 Å². The minimum absolute atomic E-state index is 0.0520. The fraction of sp³-hybridized carbons (Fsp3) is 0.188. The molecule has 1 atom stereocenters. The van der Waals surface area contributed by atoms with Crippen LogP contribution in [0.25, 0.3) is 0 Å². The molecular formula is C16H13NO4. The summed E-state index contributed by atoms with van der Waals surface area (Å²) in [6.07, 6.45) is 0.372. The van der Waals surface area contributed by atoms with Gasteiger partial charge < -0.3 is 19.9 Å². The van der Waals surface area contributed by atoms with Crippen molar-refractivity contribution < 1.29 is 19.4 Å². The zero-order chi connectivity index (χ0) is 14.4. The van der Waals surface area contributed by atoms with Gasteiger partial charge in [-0.3, -0.25) is 4.79 Å². The molecule has 0 saturated heterocycles. The summed E-state index contributed by atoms with van der Waals surface area (Å²) in [4.78, 5) is 11.9. The Balaban J connectivity index is 1.80. The third-order valence-corrected chi connectivity index (χ3v) is 3.87. The minimum atomic E-state index is -0.0595. The van der Waals surface area contributed by atoms with Crippen LogP contribution in [0.5, 0.6) is 17.2 Å². The highest BCUT2D eigenvalue weighted by Gasteiger charge is 2.28. The molecular weight excluding hydrogens is 270 g/mol. The van der Waals surface area contributed by atoms with Crippen molar-refractivity contribution in [2.75, 3.05) is 12.1 Å². The lowest BCUT2D eigenvalue weighted by molar-refractivity contribution is -0.116. The number of hydrogen-bond donors (Lipinski definition) is 2. The second-order valence-corrected chi connectivity index (χ2v) is 5.19. The normalized spacial score (nSPS) is 19.0. The van der Waals surface area contributed by atoms with Crippen LogP contribution < -0.4 is 14.8 Å². The van der Waals surface area contributed by atoms with E-state index in [1.807, 2.05) is 24.3 Å². The van der Waals surface area contributed by atoms with E-state index in [0.29, 0.717) is 17.9 Å². The number of amides is 1. The number of phenolic OH excluding ortho intramolecular Hbond substituents is 1. The predicted molar refractivity (Wildman–Crippen MR) is 75.8 cm³/mol. The molecule has 106 valence electrons. The van der Waals surface area contributed by atoms with E-state index in [0.717, 1.165) is 16.9 Å². The van der Waals surface area contributed by atoms with Crippen LogP contribution in [0.3, 0.4) is 0 Å². The number of rotatable bonds is 1. The molecule has 2 aromatic carbocycles. The van der Waals surface area contributed by atoms with Gasteiger partial charge in [-0.25, -0.2) is 0 Å². The summed E-state index contributed by atoms with van der Waals surface area (Å²) in [5, 5.41) is 12.4. The lowest BCUT2D eigenvalue weighted by Crippen LogP contribution is -2.23. The maximum absolute atomic E-state index is 11.9. The standard InChI is InChI=1S/C16H13NO4/c18-10-2-3-11-12(7-16(19)17-13(11)6-10)9-1-4-14-15(5-9)21-8-20-14/h1-6,12,18H,7-8H2,(H,17,19). The van der Waals surface area contributed by atoms with Gasteiger partial charge in [0.25, 0.3) is 0 Å². The van der Waals surface area contributed by atoms with Gasteiger partial charge in [-0.15, -0.1) is 0 Å². The maximum atomic E-state index is 11.9. The van der Waals surface area contributed by atoms with Crippen molar-refractivity contribution in [2.45, 2.75) is 12.3 Å². The smallest absolute Gasteiger partial charge is 0.231 e. The second-order valence-electron chi connectivity index (χ2n) is 5.19. The highest BCUT2D eigenvalue weighted by atomic mass is 16.7. The first-order chi connectivity index (χ1) is 10.2. The van der Waals surface area contributed by atoms with E-state index < -0.39 is 0 Å². The van der Waals surface area contributed by atoms with E-state index in [1.165, 1.54) is 0 Å². The van der Waals surface area contributed by atoms with Crippen molar-refractivity contribution in [1.82, 2.24) is 0 Å². The summed E-state index contributed by atoms with van der Waals surface area (Å²) >= 11 is 0. The summed E-state index contributed by atoms with van der Waals surface area (Å²) in [5.74, 6) is 1.46. The molecule has 21 heavy (non-hydrogen) atoms. The topological polar surface area (TPSA) is 67.8 Å². The van der Waals surface area contributed by atoms with Crippen LogP contribution in [-0.2, 0) is 4.79 Å². The number of phenols is 1. The number of aromatic hydroxyl groups is 1. The van der Waals surface area contributed by atoms with E-state index in [-0.39, 0.29) is 24.4 Å². The quantitative estimate of drug-likeness (QED) is 0.844. The van der Waals surface area contributed by atoms with Crippen molar-refractivity contribution in [3.8, 4) is 17.2 Å². The lowest BCUT2D eigenvalue weighted by atomic mass is 9.84. The maximum Gasteiger partial charge on any atom is 0.231 e. The van der Waals surface area contributed by atoms with Crippen molar-refractivity contribution >= 4 is 11.6 Å². The zero-order valence-electron chi connectivity index (χ0n) is 11.1. The molecule has 5 heteroatoms. The molecule has 2 heterocycles. The third-order valence-electron chi connectivity index (χ3n) is 3.87. The Labute approximate surface area is 121 Å². The first-order valence-electron chi connectivity index (χ1n) is 6.73. The average Bonchev–Trinajstić information content (AvgIpc) is 2.93. The summed E-state index contributed by atoms with van der Waals surface area (Å²) < 4.78 is 10.7. The summed E-state index contributed by atoms with van der Waals surface area (Å²) in [5.41, 5.74) is 2.65. The Morgan fingerprint density at radius 2 is 1.95 bits per heavy atom. The Morgan fingerprint density at radius 1 is 1.10 bits per heavy atom. The molecule has 0 aromatic heterocycles. The fourth-order valence-corrected chi connectivity index (χ4v) is 2.88. The predicted octanol–water partition coefficient (Wildman–Crippen LogP) is 2.60. The molecule has 0 saturated carbocycles. The fourth-order valence-electron chi connectivity index (χ4n) is 2.88. The van der Waals surface area contributed by atoms with Gasteiger partial charge in [0.1, 0.15) is 5.75 Å². The highest BCUT2D eigenvalue weighted by Crippen LogP contribution is 2.42. The number of nitrogens with one attached hydrogen (secondary N) is 1. The van der Waals surface area contributed by atoms with E-state index in [4.69, 9.17) is 9.47 Å². The third kappa shape index (κ3) is 1.98. The molecule has 2 aliphatic rings. The Hall–Kier alpha value is -2.69. The first kappa shape index (κ1) is 12.1. The summed E-state index contributed by atoms with van der Waals surface area (Å²) in [6, 6.07) is 10.8. The van der Waals surface area contributed by atoms with E-state index in [9.17, 15) is 9.90 Å². The molecule has 2 N–H and O–H groups in total. The number of anilines is 1. The van der Waals surface area contributed by atoms with E-state index >= 15 is 0 Å². The number of carbonyl (C=O) groups is 1. The van der Waals surface area contributed by atoms with Crippen molar-refractivity contribution in [3.63, 3.8) is 0 Å². The van der Waals surface area contributed by atoms with Gasteiger partial charge in [-0.05, 0) is 29.3 Å². The van der Waals surface area contributed by atoms with Crippen LogP contribution in [0.1, 0.15) is 23.5 Å². The lowest BCUT2D eigenvalue weighted by Gasteiger charge is -2.26. The molecule has 5 nitrogen and oxygen atoms in total. The summed E-state index contributed by atoms with van der Waals surface area (Å²) in [6.45, 7) is 0.231. The monoisotopic (exact) mass is 283 g/mol. The van der Waals surface area contributed by atoms with Gasteiger partial charge in [0.15, 0.2) is 11.5 Å². The molecule has 2 aromatic rings. The van der Waals surface area contributed by atoms with Gasteiger partial charge >= 0.3 is 0 Å². The molecule has 1 amide bonds. The number of carbonyl (C=O) groups excluding carboxylic acids is 1. The number of hydrogen-bond acceptors (Lipinski definition) is 4. The first-order valence-corrected chi connectivity index (χ1v) is 6.73. The van der Waals surface area contributed by atoms with Crippen LogP contribution in [-0.4, -0.2) is 17.8 Å². The largest absolute Gasteiger partial charge is 0.508 e. The number of benzene rings is 2. The summed E-state index contributed by atoms with van der Waals surface area (Å²) in [7, 11) is 0. The van der Waals surface area contributed by atoms with Gasteiger partial charge in [0, 0.05) is 24.1 Å². The molecule has 4 rings (SSSR count). The van der Waals surface area contributed by atoms with Crippen molar-refractivity contribution in [1.29, 1.82) is 0 Å². The van der Waals surface area contributed by atoms with Crippen molar-refractivity contribution in [3.05, 3.63) is 47.5 Å². The molecule has 0 aliphatic carbocycles. The molecule has 0 radical (unpaired) electrons. The van der Waals surface area contributed by atoms with Gasteiger partial charge in [0.2, 0.25) is 12.7 Å². The zero-order valence-corrected chi connectivity index (χ0v) is 11.1. The molecule has 2 aliphatic heterocycles. The number of ether oxygens (including phenoxy) is 2. The van der Waals surface area contributed by atoms with E-state index in [2.05, 4.69) is 5.32 Å². The molecule has 0 bridgehead atoms. The van der Waals surface area contributed by atoms with E-state index in [1.54, 1.807) is 12.1 Å². The van der Waals surface area contributed by atoms with Crippen molar-refractivity contribution in [2.24, 2.45) is 0 Å². The number of fused-ring (bicyclic) bond motifs is 2. The molecule has 0 fully saturated rings.